The summed E-state index contributed by atoms with van der Waals surface area (Å²) in [6.45, 7) is 0.284. The zero-order valence-electron chi connectivity index (χ0n) is 11.5. The van der Waals surface area contributed by atoms with Gasteiger partial charge in [0, 0.05) is 30.8 Å². The Morgan fingerprint density at radius 2 is 1.91 bits per heavy atom. The molecule has 0 radical (unpaired) electrons. The van der Waals surface area contributed by atoms with Crippen molar-refractivity contribution < 1.29 is 13.6 Å². The predicted octanol–water partition coefficient (Wildman–Crippen LogP) is 1.98. The van der Waals surface area contributed by atoms with Gasteiger partial charge in [-0.15, -0.1) is 10.2 Å². The van der Waals surface area contributed by atoms with E-state index in [1.165, 1.54) is 0 Å². The number of carbonyl (C=O) groups excluding carboxylic acids is 1. The Bertz CT molecular complexity index is 811. The molecule has 0 unspecified atom stereocenters. The van der Waals surface area contributed by atoms with Gasteiger partial charge in [-0.1, -0.05) is 6.07 Å². The summed E-state index contributed by atoms with van der Waals surface area (Å²) >= 11 is 0. The van der Waals surface area contributed by atoms with E-state index >= 15 is 0 Å². The summed E-state index contributed by atoms with van der Waals surface area (Å²) in [6.07, 6.45) is 2.28. The van der Waals surface area contributed by atoms with Crippen molar-refractivity contribution in [2.24, 2.45) is 0 Å². The smallest absolute Gasteiger partial charge is 0.251 e. The molecule has 0 bridgehead atoms. The normalized spacial score (nSPS) is 10.8. The zero-order valence-corrected chi connectivity index (χ0v) is 11.5. The van der Waals surface area contributed by atoms with Crippen LogP contribution in [0.15, 0.2) is 42.6 Å². The molecule has 2 aromatic heterocycles. The van der Waals surface area contributed by atoms with E-state index in [1.54, 1.807) is 0 Å². The van der Waals surface area contributed by atoms with Gasteiger partial charge in [-0.3, -0.25) is 9.20 Å². The van der Waals surface area contributed by atoms with Gasteiger partial charge < -0.3 is 5.32 Å². The van der Waals surface area contributed by atoms with Gasteiger partial charge in [0.25, 0.3) is 5.91 Å². The van der Waals surface area contributed by atoms with E-state index < -0.39 is 17.5 Å². The number of pyridine rings is 1. The standard InChI is InChI=1S/C15H12F2N4O/c16-11-7-10(8-12(17)9-11)15(22)18-5-4-14-20-19-13-3-1-2-6-21(13)14/h1-3,6-9H,4-5H2,(H,18,22). The molecule has 5 nitrogen and oxygen atoms in total. The molecular weight excluding hydrogens is 290 g/mol. The molecular formula is C15H12F2N4O. The number of nitrogens with zero attached hydrogens (tertiary/aromatic N) is 3. The number of fused-ring (bicyclic) bond motifs is 1. The minimum atomic E-state index is -0.784. The lowest BCUT2D eigenvalue weighted by molar-refractivity contribution is 0.0953. The summed E-state index contributed by atoms with van der Waals surface area (Å²) < 4.78 is 27.9. The Morgan fingerprint density at radius 3 is 2.68 bits per heavy atom. The van der Waals surface area contributed by atoms with Crippen molar-refractivity contribution in [1.29, 1.82) is 0 Å². The van der Waals surface area contributed by atoms with Crippen LogP contribution in [0.25, 0.3) is 5.65 Å². The van der Waals surface area contributed by atoms with Gasteiger partial charge in [0.1, 0.15) is 17.5 Å². The molecule has 1 N–H and O–H groups in total. The maximum Gasteiger partial charge on any atom is 0.251 e. The SMILES string of the molecule is O=C(NCCc1nnc2ccccn12)c1cc(F)cc(F)c1. The van der Waals surface area contributed by atoms with Crippen molar-refractivity contribution in [1.82, 2.24) is 19.9 Å². The van der Waals surface area contributed by atoms with E-state index in [9.17, 15) is 13.6 Å². The summed E-state index contributed by atoms with van der Waals surface area (Å²) in [5, 5.41) is 10.6. The lowest BCUT2D eigenvalue weighted by atomic mass is 10.2. The van der Waals surface area contributed by atoms with E-state index in [-0.39, 0.29) is 12.1 Å². The Balaban J connectivity index is 1.64. The van der Waals surface area contributed by atoms with Crippen molar-refractivity contribution in [3.8, 4) is 0 Å². The molecule has 3 rings (SSSR count). The third-order valence-corrected chi connectivity index (χ3v) is 3.14. The van der Waals surface area contributed by atoms with Crippen LogP contribution in [0.5, 0.6) is 0 Å². The van der Waals surface area contributed by atoms with E-state index in [0.717, 1.165) is 23.8 Å². The second-order valence-electron chi connectivity index (χ2n) is 4.71. The zero-order chi connectivity index (χ0) is 15.5. The van der Waals surface area contributed by atoms with Crippen LogP contribution in [0.3, 0.4) is 0 Å². The largest absolute Gasteiger partial charge is 0.352 e. The van der Waals surface area contributed by atoms with E-state index in [1.807, 2.05) is 28.8 Å². The highest BCUT2D eigenvalue weighted by atomic mass is 19.1. The van der Waals surface area contributed by atoms with Crippen LogP contribution in [-0.2, 0) is 6.42 Å². The van der Waals surface area contributed by atoms with Crippen LogP contribution in [-0.4, -0.2) is 27.0 Å². The highest BCUT2D eigenvalue weighted by molar-refractivity contribution is 5.94. The molecule has 0 fully saturated rings. The summed E-state index contributed by atoms with van der Waals surface area (Å²) in [5.41, 5.74) is 0.666. The van der Waals surface area contributed by atoms with Gasteiger partial charge in [-0.25, -0.2) is 8.78 Å². The fourth-order valence-corrected chi connectivity index (χ4v) is 2.14. The molecule has 0 saturated heterocycles. The van der Waals surface area contributed by atoms with Gasteiger partial charge in [0.2, 0.25) is 0 Å². The third kappa shape index (κ3) is 2.93. The number of hydrogen-bond donors (Lipinski definition) is 1. The number of amides is 1. The fourth-order valence-electron chi connectivity index (χ4n) is 2.14. The predicted molar refractivity (Wildman–Crippen MR) is 75.4 cm³/mol. The Kier molecular flexibility index (Phi) is 3.78. The molecule has 2 heterocycles. The summed E-state index contributed by atoms with van der Waals surface area (Å²) in [4.78, 5) is 11.9. The first-order chi connectivity index (χ1) is 10.6. The first-order valence-electron chi connectivity index (χ1n) is 6.66. The summed E-state index contributed by atoms with van der Waals surface area (Å²) in [6, 6.07) is 8.24. The van der Waals surface area contributed by atoms with Crippen LogP contribution in [0.1, 0.15) is 16.2 Å². The van der Waals surface area contributed by atoms with E-state index in [4.69, 9.17) is 0 Å². The lowest BCUT2D eigenvalue weighted by Gasteiger charge is -2.05. The van der Waals surface area contributed by atoms with Crippen LogP contribution in [0.4, 0.5) is 8.78 Å². The van der Waals surface area contributed by atoms with Crippen molar-refractivity contribution in [2.75, 3.05) is 6.54 Å². The quantitative estimate of drug-likeness (QED) is 0.801. The monoisotopic (exact) mass is 302 g/mol. The van der Waals surface area contributed by atoms with Crippen molar-refractivity contribution in [3.63, 3.8) is 0 Å². The number of halogens is 2. The molecule has 1 amide bonds. The fraction of sp³-hybridized carbons (Fsp3) is 0.133. The minimum absolute atomic E-state index is 0.0522. The van der Waals surface area contributed by atoms with Gasteiger partial charge in [0.15, 0.2) is 5.65 Å². The number of rotatable bonds is 4. The van der Waals surface area contributed by atoms with Gasteiger partial charge >= 0.3 is 0 Å². The molecule has 0 aliphatic carbocycles. The van der Waals surface area contributed by atoms with Crippen LogP contribution in [0, 0.1) is 11.6 Å². The lowest BCUT2D eigenvalue weighted by Crippen LogP contribution is -2.26. The topological polar surface area (TPSA) is 59.3 Å². The molecule has 112 valence electrons. The van der Waals surface area contributed by atoms with Crippen molar-refractivity contribution in [3.05, 3.63) is 65.6 Å². The first-order valence-corrected chi connectivity index (χ1v) is 6.66. The Hall–Kier alpha value is -2.83. The number of benzene rings is 1. The van der Waals surface area contributed by atoms with Gasteiger partial charge in [-0.05, 0) is 24.3 Å². The highest BCUT2D eigenvalue weighted by Gasteiger charge is 2.10. The molecule has 0 atom stereocenters. The average molecular weight is 302 g/mol. The molecule has 0 aliphatic rings. The number of aromatic nitrogens is 3. The highest BCUT2D eigenvalue weighted by Crippen LogP contribution is 2.08. The number of nitrogens with one attached hydrogen (secondary N) is 1. The molecule has 1 aromatic carbocycles. The average Bonchev–Trinajstić information content (AvgIpc) is 2.90. The maximum absolute atomic E-state index is 13.1. The van der Waals surface area contributed by atoms with E-state index in [2.05, 4.69) is 15.5 Å². The van der Waals surface area contributed by atoms with Crippen molar-refractivity contribution >= 4 is 11.6 Å². The summed E-state index contributed by atoms with van der Waals surface area (Å²) in [7, 11) is 0. The molecule has 7 heteroatoms. The second-order valence-corrected chi connectivity index (χ2v) is 4.71. The van der Waals surface area contributed by atoms with Crippen LogP contribution in [0.2, 0.25) is 0 Å². The minimum Gasteiger partial charge on any atom is -0.352 e. The van der Waals surface area contributed by atoms with Crippen molar-refractivity contribution in [2.45, 2.75) is 6.42 Å². The molecule has 0 saturated carbocycles. The Labute approximate surface area is 124 Å². The van der Waals surface area contributed by atoms with Crippen LogP contribution >= 0.6 is 0 Å². The molecule has 3 aromatic rings. The Morgan fingerprint density at radius 1 is 1.14 bits per heavy atom. The molecule has 22 heavy (non-hydrogen) atoms. The summed E-state index contributed by atoms with van der Waals surface area (Å²) in [5.74, 6) is -1.41. The van der Waals surface area contributed by atoms with E-state index in [0.29, 0.717) is 12.2 Å². The third-order valence-electron chi connectivity index (χ3n) is 3.14. The van der Waals surface area contributed by atoms with Gasteiger partial charge in [0.05, 0.1) is 0 Å². The second kappa shape index (κ2) is 5.88. The maximum atomic E-state index is 13.1. The molecule has 0 spiro atoms. The first kappa shape index (κ1) is 14.1. The number of carbonyl (C=O) groups is 1. The van der Waals surface area contributed by atoms with Crippen LogP contribution < -0.4 is 5.32 Å². The molecule has 0 aliphatic heterocycles. The number of hydrogen-bond acceptors (Lipinski definition) is 3. The van der Waals surface area contributed by atoms with Gasteiger partial charge in [-0.2, -0.15) is 0 Å².